The number of aromatic amines is 1. The van der Waals surface area contributed by atoms with Gasteiger partial charge in [-0.2, -0.15) is 5.10 Å². The number of aromatic nitrogens is 2. The zero-order valence-corrected chi connectivity index (χ0v) is 16.7. The van der Waals surface area contributed by atoms with Crippen molar-refractivity contribution in [3.63, 3.8) is 0 Å². The summed E-state index contributed by atoms with van der Waals surface area (Å²) in [6.07, 6.45) is 1.27. The lowest BCUT2D eigenvalue weighted by Gasteiger charge is -2.07. The van der Waals surface area contributed by atoms with E-state index in [4.69, 9.17) is 9.47 Å². The van der Waals surface area contributed by atoms with Gasteiger partial charge in [-0.1, -0.05) is 0 Å². The second kappa shape index (κ2) is 9.39. The fourth-order valence-corrected chi connectivity index (χ4v) is 2.68. The Bertz CT molecular complexity index is 1170. The van der Waals surface area contributed by atoms with Gasteiger partial charge in [-0.25, -0.2) is 10.4 Å². The largest absolute Gasteiger partial charge is 0.500 e. The van der Waals surface area contributed by atoms with E-state index in [-0.39, 0.29) is 18.3 Å². The van der Waals surface area contributed by atoms with Crippen molar-refractivity contribution in [2.75, 3.05) is 19.1 Å². The van der Waals surface area contributed by atoms with Crippen LogP contribution in [0.5, 0.6) is 17.2 Å². The number of phenolic OH excluding ortho intramolecular Hbond substituents is 1. The normalized spacial score (nSPS) is 10.8. The summed E-state index contributed by atoms with van der Waals surface area (Å²) in [5, 5.41) is 25.0. The van der Waals surface area contributed by atoms with Crippen LogP contribution in [-0.2, 0) is 0 Å². The van der Waals surface area contributed by atoms with Crippen molar-refractivity contribution < 1.29 is 19.5 Å². The maximum Gasteiger partial charge on any atom is 0.315 e. The Labute approximate surface area is 176 Å². The van der Waals surface area contributed by atoms with Crippen molar-refractivity contribution in [3.05, 3.63) is 68.5 Å². The van der Waals surface area contributed by atoms with E-state index in [0.29, 0.717) is 22.6 Å². The Morgan fingerprint density at radius 2 is 2.03 bits per heavy atom. The van der Waals surface area contributed by atoms with Crippen molar-refractivity contribution in [2.24, 2.45) is 5.10 Å². The highest BCUT2D eigenvalue weighted by Gasteiger charge is 2.19. The average molecular weight is 425 g/mol. The first-order valence-corrected chi connectivity index (χ1v) is 9.10. The molecule has 3 aromatic rings. The number of hydrazone groups is 1. The van der Waals surface area contributed by atoms with Crippen LogP contribution in [0.15, 0.2) is 52.4 Å². The number of nitro benzene ring substituents is 1. The van der Waals surface area contributed by atoms with E-state index in [0.717, 1.165) is 6.07 Å². The molecule has 1 aromatic heterocycles. The lowest BCUT2D eigenvalue weighted by atomic mass is 10.1. The lowest BCUT2D eigenvalue weighted by molar-refractivity contribution is -0.386. The Balaban J connectivity index is 1.84. The van der Waals surface area contributed by atoms with Crippen LogP contribution in [0.1, 0.15) is 12.5 Å². The fraction of sp³-hybridized carbons (Fsp3) is 0.150. The Morgan fingerprint density at radius 3 is 2.68 bits per heavy atom. The van der Waals surface area contributed by atoms with Gasteiger partial charge in [0.25, 0.3) is 5.56 Å². The number of nitro groups is 1. The predicted molar refractivity (Wildman–Crippen MR) is 114 cm³/mol. The molecule has 2 aromatic carbocycles. The van der Waals surface area contributed by atoms with E-state index in [1.807, 2.05) is 0 Å². The molecule has 0 saturated heterocycles. The molecule has 0 aliphatic carbocycles. The molecule has 0 aliphatic heterocycles. The van der Waals surface area contributed by atoms with Crippen molar-refractivity contribution in [1.82, 2.24) is 9.97 Å². The Kier molecular flexibility index (Phi) is 6.45. The highest BCUT2D eigenvalue weighted by Crippen LogP contribution is 2.36. The summed E-state index contributed by atoms with van der Waals surface area (Å²) in [5.74, 6) is 0.153. The molecule has 0 spiro atoms. The molecular formula is C20H19N5O6. The number of rotatable bonds is 8. The van der Waals surface area contributed by atoms with Gasteiger partial charge in [-0.3, -0.25) is 19.9 Å². The minimum Gasteiger partial charge on any atom is -0.500 e. The number of anilines is 1. The van der Waals surface area contributed by atoms with Crippen molar-refractivity contribution in [3.8, 4) is 28.5 Å². The number of H-pyrrole nitrogens is 1. The van der Waals surface area contributed by atoms with Gasteiger partial charge in [0.05, 0.1) is 30.5 Å². The Hall–Kier alpha value is -4.41. The second-order valence-corrected chi connectivity index (χ2v) is 6.15. The number of ether oxygens (including phenoxy) is 2. The summed E-state index contributed by atoms with van der Waals surface area (Å²) in [6.45, 7) is 1.90. The van der Waals surface area contributed by atoms with Crippen LogP contribution >= 0.6 is 0 Å². The molecule has 0 fully saturated rings. The molecule has 11 heteroatoms. The summed E-state index contributed by atoms with van der Waals surface area (Å²) >= 11 is 0. The highest BCUT2D eigenvalue weighted by atomic mass is 16.6. The van der Waals surface area contributed by atoms with Crippen LogP contribution in [0.2, 0.25) is 0 Å². The molecule has 0 saturated carbocycles. The molecular weight excluding hydrogens is 406 g/mol. The van der Waals surface area contributed by atoms with E-state index in [1.54, 1.807) is 38.3 Å². The zero-order chi connectivity index (χ0) is 22.4. The number of nitrogens with one attached hydrogen (secondary N) is 2. The van der Waals surface area contributed by atoms with Crippen LogP contribution in [0.25, 0.3) is 11.3 Å². The number of hydrogen-bond acceptors (Lipinski definition) is 9. The molecule has 0 amide bonds. The van der Waals surface area contributed by atoms with Crippen molar-refractivity contribution >= 4 is 17.9 Å². The van der Waals surface area contributed by atoms with E-state index in [2.05, 4.69) is 20.5 Å². The standard InChI is InChI=1S/C20H19N5O6/c1-3-31-17-9-12(8-16(19(17)27)25(28)29)11-21-24-20-22-15(10-18(26)23-20)13-4-6-14(30-2)7-5-13/h4-11,27H,3H2,1-2H3,(H2,22,23,24,26)/b21-11-. The topological polar surface area (TPSA) is 152 Å². The molecule has 0 radical (unpaired) electrons. The summed E-state index contributed by atoms with van der Waals surface area (Å²) < 4.78 is 10.3. The molecule has 0 atom stereocenters. The first kappa shape index (κ1) is 21.3. The molecule has 0 aliphatic rings. The number of benzene rings is 2. The molecule has 11 nitrogen and oxygen atoms in total. The molecule has 3 rings (SSSR count). The quantitative estimate of drug-likeness (QED) is 0.283. The maximum absolute atomic E-state index is 12.0. The summed E-state index contributed by atoms with van der Waals surface area (Å²) in [6, 6.07) is 10.9. The van der Waals surface area contributed by atoms with Gasteiger partial charge in [0.2, 0.25) is 11.7 Å². The van der Waals surface area contributed by atoms with Crippen LogP contribution < -0.4 is 20.5 Å². The molecule has 0 unspecified atom stereocenters. The van der Waals surface area contributed by atoms with Gasteiger partial charge in [0, 0.05) is 23.3 Å². The monoisotopic (exact) mass is 425 g/mol. The molecule has 31 heavy (non-hydrogen) atoms. The van der Waals surface area contributed by atoms with Crippen LogP contribution in [-0.4, -0.2) is 39.9 Å². The molecule has 0 bridgehead atoms. The SMILES string of the molecule is CCOc1cc(/C=N\Nc2nc(-c3ccc(OC)cc3)cc(=O)[nH]2)cc([N+](=O)[O-])c1O. The third-order valence-corrected chi connectivity index (χ3v) is 4.09. The summed E-state index contributed by atoms with van der Waals surface area (Å²) in [5.41, 5.74) is 3.10. The second-order valence-electron chi connectivity index (χ2n) is 6.15. The minimum absolute atomic E-state index is 0.0359. The highest BCUT2D eigenvalue weighted by molar-refractivity contribution is 5.83. The van der Waals surface area contributed by atoms with Crippen LogP contribution in [0, 0.1) is 10.1 Å². The van der Waals surface area contributed by atoms with E-state index in [1.165, 1.54) is 18.3 Å². The average Bonchev–Trinajstić information content (AvgIpc) is 2.75. The van der Waals surface area contributed by atoms with Gasteiger partial charge in [-0.15, -0.1) is 0 Å². The van der Waals surface area contributed by atoms with E-state index < -0.39 is 21.9 Å². The predicted octanol–water partition coefficient (Wildman–Crippen LogP) is 2.90. The fourth-order valence-electron chi connectivity index (χ4n) is 2.68. The van der Waals surface area contributed by atoms with Gasteiger partial charge >= 0.3 is 5.69 Å². The number of hydrogen-bond donors (Lipinski definition) is 3. The zero-order valence-electron chi connectivity index (χ0n) is 16.7. The number of nitrogens with zero attached hydrogens (tertiary/aromatic N) is 3. The maximum atomic E-state index is 12.0. The smallest absolute Gasteiger partial charge is 0.315 e. The summed E-state index contributed by atoms with van der Waals surface area (Å²) in [7, 11) is 1.56. The number of aromatic hydroxyl groups is 1. The number of methoxy groups -OCH3 is 1. The van der Waals surface area contributed by atoms with Crippen molar-refractivity contribution in [2.45, 2.75) is 6.92 Å². The third-order valence-electron chi connectivity index (χ3n) is 4.09. The van der Waals surface area contributed by atoms with Gasteiger partial charge in [0.1, 0.15) is 5.75 Å². The van der Waals surface area contributed by atoms with E-state index in [9.17, 15) is 20.0 Å². The third kappa shape index (κ3) is 5.15. The first-order chi connectivity index (χ1) is 14.9. The minimum atomic E-state index is -0.722. The van der Waals surface area contributed by atoms with Gasteiger partial charge in [-0.05, 0) is 37.3 Å². The molecule has 1 heterocycles. The van der Waals surface area contributed by atoms with Gasteiger partial charge < -0.3 is 14.6 Å². The first-order valence-electron chi connectivity index (χ1n) is 9.10. The van der Waals surface area contributed by atoms with E-state index >= 15 is 0 Å². The Morgan fingerprint density at radius 1 is 1.29 bits per heavy atom. The van der Waals surface area contributed by atoms with Crippen molar-refractivity contribution in [1.29, 1.82) is 0 Å². The number of phenols is 1. The van der Waals surface area contributed by atoms with Crippen LogP contribution in [0.3, 0.4) is 0 Å². The van der Waals surface area contributed by atoms with Crippen LogP contribution in [0.4, 0.5) is 11.6 Å². The molecule has 3 N–H and O–H groups in total. The van der Waals surface area contributed by atoms with Gasteiger partial charge in [0.15, 0.2) is 5.75 Å². The summed E-state index contributed by atoms with van der Waals surface area (Å²) in [4.78, 5) is 29.2. The lowest BCUT2D eigenvalue weighted by Crippen LogP contribution is -2.10. The molecule has 160 valence electrons.